The zero-order chi connectivity index (χ0) is 25.4. The molecule has 6 rings (SSSR count). The van der Waals surface area contributed by atoms with Crippen LogP contribution < -0.4 is 15.1 Å². The van der Waals surface area contributed by atoms with E-state index in [0.717, 1.165) is 42.7 Å². The molecule has 7 heteroatoms. The van der Waals surface area contributed by atoms with E-state index in [9.17, 15) is 5.11 Å². The Bertz CT molecular complexity index is 1530. The van der Waals surface area contributed by atoms with E-state index in [4.69, 9.17) is 12.6 Å². The number of aryl methyl sites for hydroxylation is 4. The molecule has 0 saturated heterocycles. The normalized spacial score (nSPS) is 10.7. The van der Waals surface area contributed by atoms with Crippen LogP contribution >= 0.6 is 22.7 Å². The van der Waals surface area contributed by atoms with Gasteiger partial charge in [-0.2, -0.15) is 14.9 Å². The zero-order valence-corrected chi connectivity index (χ0v) is 23.7. The Morgan fingerprint density at radius 1 is 0.649 bits per heavy atom. The summed E-state index contributed by atoms with van der Waals surface area (Å²) in [6, 6.07) is 24.6. The number of fused-ring (bicyclic) bond motifs is 2. The first-order valence-electron chi connectivity index (χ1n) is 11.7. The van der Waals surface area contributed by atoms with Gasteiger partial charge in [-0.1, -0.05) is 87.1 Å². The van der Waals surface area contributed by atoms with Gasteiger partial charge in [0.2, 0.25) is 11.0 Å². The van der Waals surface area contributed by atoms with Crippen molar-refractivity contribution >= 4 is 65.9 Å². The third-order valence-electron chi connectivity index (χ3n) is 6.02. The van der Waals surface area contributed by atoms with Gasteiger partial charge in [-0.05, 0) is 52.0 Å². The smallest absolute Gasteiger partial charge is 0.872 e. The molecule has 0 unspecified atom stereocenters. The molecule has 0 aliphatic rings. The molecule has 2 aromatic heterocycles. The largest absolute Gasteiger partial charge is 2.00 e. The fraction of sp³-hybridized carbons (Fsp3) is 0.133. The molecule has 0 radical (unpaired) electrons. The summed E-state index contributed by atoms with van der Waals surface area (Å²) in [5, 5.41) is 14.3. The van der Waals surface area contributed by atoms with Crippen LogP contribution in [0.2, 0.25) is 0 Å². The molecule has 0 bridgehead atoms. The predicted octanol–water partition coefficient (Wildman–Crippen LogP) is 6.60. The van der Waals surface area contributed by atoms with Gasteiger partial charge in [-0.3, -0.25) is 0 Å². The van der Waals surface area contributed by atoms with Crippen molar-refractivity contribution in [2.45, 2.75) is 32.6 Å². The summed E-state index contributed by atoms with van der Waals surface area (Å²) in [4.78, 5) is 7.73. The van der Waals surface area contributed by atoms with Gasteiger partial charge in [0.15, 0.2) is 0 Å². The number of thiazole rings is 2. The van der Waals surface area contributed by atoms with Crippen LogP contribution in [0.5, 0.6) is 5.75 Å². The van der Waals surface area contributed by atoms with E-state index in [0.29, 0.717) is 0 Å². The van der Waals surface area contributed by atoms with E-state index in [1.54, 1.807) is 22.7 Å². The maximum absolute atomic E-state index is 12.2. The van der Waals surface area contributed by atoms with E-state index < -0.39 is 0 Å². The van der Waals surface area contributed by atoms with Crippen LogP contribution in [-0.2, 0) is 12.6 Å². The summed E-state index contributed by atoms with van der Waals surface area (Å²) in [6.07, 6.45) is 0. The minimum absolute atomic E-state index is 0. The second kappa shape index (κ2) is 11.1. The van der Waals surface area contributed by atoms with Crippen molar-refractivity contribution in [2.75, 3.05) is 0 Å². The minimum Gasteiger partial charge on any atom is -0.872 e. The van der Waals surface area contributed by atoms with Gasteiger partial charge in [0.25, 0.3) is 10.0 Å². The Labute approximate surface area is 234 Å². The summed E-state index contributed by atoms with van der Waals surface area (Å²) in [6.45, 7) is 8.07. The van der Waals surface area contributed by atoms with Crippen molar-refractivity contribution in [1.82, 2.24) is 0 Å². The SMILES string of the molecule is Cc1cc(C)c([O-])c(-c2[nH+]c3ccccc3s2)c1.Cc1cc(C)c([S-])c(-c2[nH+]c3ccccc3s2)c1.[Be+2]. The molecule has 0 aliphatic heterocycles. The first-order valence-corrected chi connectivity index (χ1v) is 13.7. The Morgan fingerprint density at radius 2 is 1.11 bits per heavy atom. The van der Waals surface area contributed by atoms with Crippen molar-refractivity contribution in [3.05, 3.63) is 95.1 Å². The average Bonchev–Trinajstić information content (AvgIpc) is 3.48. The van der Waals surface area contributed by atoms with Gasteiger partial charge >= 0.3 is 10.1 Å². The number of aromatic nitrogens is 2. The van der Waals surface area contributed by atoms with Crippen LogP contribution in [0, 0.1) is 27.7 Å². The molecule has 6 aromatic rings. The van der Waals surface area contributed by atoms with Crippen LogP contribution in [0.3, 0.4) is 0 Å². The quantitative estimate of drug-likeness (QED) is 0.185. The Morgan fingerprint density at radius 3 is 1.65 bits per heavy atom. The number of nitrogens with one attached hydrogen (secondary N) is 2. The maximum Gasteiger partial charge on any atom is 2.00 e. The molecule has 0 atom stereocenters. The Kier molecular flexibility index (Phi) is 8.05. The first-order chi connectivity index (χ1) is 17.3. The number of para-hydroxylation sites is 2. The van der Waals surface area contributed by atoms with Crippen molar-refractivity contribution in [3.63, 3.8) is 0 Å². The summed E-state index contributed by atoms with van der Waals surface area (Å²) < 4.78 is 2.44. The first kappa shape index (κ1) is 26.9. The Balaban J connectivity index is 0.000000168. The van der Waals surface area contributed by atoms with Crippen LogP contribution in [0.25, 0.3) is 41.6 Å². The monoisotopic (exact) mass is 535 g/mol. The van der Waals surface area contributed by atoms with Crippen LogP contribution in [0.1, 0.15) is 22.3 Å². The molecule has 0 saturated carbocycles. The molecule has 37 heavy (non-hydrogen) atoms. The van der Waals surface area contributed by atoms with Gasteiger partial charge in [-0.15, -0.1) is 0 Å². The number of rotatable bonds is 2. The maximum atomic E-state index is 12.2. The van der Waals surface area contributed by atoms with E-state index in [1.807, 2.05) is 50.2 Å². The van der Waals surface area contributed by atoms with Gasteiger partial charge < -0.3 is 17.7 Å². The van der Waals surface area contributed by atoms with E-state index in [2.05, 4.69) is 60.2 Å². The molecule has 0 fully saturated rings. The molecule has 0 amide bonds. The van der Waals surface area contributed by atoms with Crippen molar-refractivity contribution in [2.24, 2.45) is 0 Å². The summed E-state index contributed by atoms with van der Waals surface area (Å²) in [7, 11) is 0. The fourth-order valence-electron chi connectivity index (χ4n) is 4.32. The number of hydrogen-bond donors (Lipinski definition) is 0. The molecule has 2 heterocycles. The van der Waals surface area contributed by atoms with Gasteiger partial charge in [0.05, 0.1) is 5.56 Å². The number of H-pyrrole nitrogens is 2. The molecule has 0 aliphatic carbocycles. The average molecular weight is 536 g/mol. The summed E-state index contributed by atoms with van der Waals surface area (Å²) in [5.74, 6) is 0.114. The van der Waals surface area contributed by atoms with Gasteiger partial charge in [0, 0.05) is 17.7 Å². The van der Waals surface area contributed by atoms with E-state index in [1.165, 1.54) is 26.0 Å². The van der Waals surface area contributed by atoms with Crippen LogP contribution in [-0.4, -0.2) is 10.1 Å². The van der Waals surface area contributed by atoms with Crippen LogP contribution in [0.4, 0.5) is 0 Å². The Hall–Kier alpha value is -3.15. The van der Waals surface area contributed by atoms with Crippen LogP contribution in [0.15, 0.2) is 77.7 Å². The molecule has 4 aromatic carbocycles. The van der Waals surface area contributed by atoms with E-state index in [-0.39, 0.29) is 15.9 Å². The minimum atomic E-state index is 0. The molecule has 2 N–H and O–H groups in total. The van der Waals surface area contributed by atoms with Crippen molar-refractivity contribution in [1.29, 1.82) is 0 Å². The third-order valence-corrected chi connectivity index (χ3v) is 8.77. The van der Waals surface area contributed by atoms with Gasteiger partial charge in [0.1, 0.15) is 9.40 Å². The molecular weight excluding hydrogens is 510 g/mol. The van der Waals surface area contributed by atoms with E-state index >= 15 is 0 Å². The second-order valence-electron chi connectivity index (χ2n) is 9.02. The number of aromatic amines is 2. The number of hydrogen-bond acceptors (Lipinski definition) is 4. The third kappa shape index (κ3) is 5.58. The molecule has 0 spiro atoms. The topological polar surface area (TPSA) is 51.3 Å². The zero-order valence-electron chi connectivity index (χ0n) is 21.3. The molecule has 3 nitrogen and oxygen atoms in total. The van der Waals surface area contributed by atoms with Gasteiger partial charge in [-0.25, -0.2) is 0 Å². The molecule has 180 valence electrons. The molecular formula is C30H26BeN2OS3+2. The van der Waals surface area contributed by atoms with Crippen molar-refractivity contribution in [3.8, 4) is 26.9 Å². The fourth-order valence-corrected chi connectivity index (χ4v) is 6.65. The number of benzene rings is 4. The van der Waals surface area contributed by atoms with Crippen molar-refractivity contribution < 1.29 is 15.1 Å². The summed E-state index contributed by atoms with van der Waals surface area (Å²) in [5.41, 5.74) is 8.51. The summed E-state index contributed by atoms with van der Waals surface area (Å²) >= 11 is 8.91. The second-order valence-corrected chi connectivity index (χ2v) is 11.5. The predicted molar refractivity (Wildman–Crippen MR) is 157 cm³/mol. The standard InChI is InChI=1S/C15H13NOS.C15H13NS2.Be/c2*1-9-7-10(2)14(17)11(8-9)15-16-12-5-3-4-6-13(12)18-15;/h2*3-8,17H,1-2H3;/q;;+2.